The standard InChI is InChI=1S/C9H5ClN4O/c1-7(15)2-8(3-11,4-12)9(10,5-13)6-14/h2H2,1H3. The lowest BCUT2D eigenvalue weighted by atomic mass is 9.75. The van der Waals surface area contributed by atoms with Crippen LogP contribution in [0.2, 0.25) is 0 Å². The molecule has 5 nitrogen and oxygen atoms in total. The van der Waals surface area contributed by atoms with E-state index in [-0.39, 0.29) is 0 Å². The molecule has 0 fully saturated rings. The molecule has 0 amide bonds. The topological polar surface area (TPSA) is 112 Å². The Morgan fingerprint density at radius 3 is 1.73 bits per heavy atom. The van der Waals surface area contributed by atoms with Crippen molar-refractivity contribution in [1.82, 2.24) is 0 Å². The van der Waals surface area contributed by atoms with Crippen molar-refractivity contribution in [2.75, 3.05) is 0 Å². The van der Waals surface area contributed by atoms with E-state index in [0.29, 0.717) is 0 Å². The molecule has 0 radical (unpaired) electrons. The normalized spacial score (nSPS) is 10.3. The van der Waals surface area contributed by atoms with Crippen LogP contribution in [0.15, 0.2) is 0 Å². The van der Waals surface area contributed by atoms with Gasteiger partial charge in [0.1, 0.15) is 17.9 Å². The molecule has 0 atom stereocenters. The summed E-state index contributed by atoms with van der Waals surface area (Å²) in [6, 6.07) is 5.73. The van der Waals surface area contributed by atoms with E-state index in [9.17, 15) is 4.79 Å². The number of rotatable bonds is 3. The number of alkyl halides is 1. The van der Waals surface area contributed by atoms with Gasteiger partial charge in [0, 0.05) is 6.42 Å². The number of carbonyl (C=O) groups excluding carboxylic acids is 1. The van der Waals surface area contributed by atoms with Gasteiger partial charge in [-0.05, 0) is 6.92 Å². The molecule has 0 aliphatic carbocycles. The Balaban J connectivity index is 5.66. The van der Waals surface area contributed by atoms with Crippen LogP contribution in [-0.2, 0) is 4.79 Å². The molecule has 0 aromatic carbocycles. The van der Waals surface area contributed by atoms with E-state index in [2.05, 4.69) is 0 Å². The van der Waals surface area contributed by atoms with Crippen LogP contribution < -0.4 is 0 Å². The maximum atomic E-state index is 10.9. The highest BCUT2D eigenvalue weighted by Crippen LogP contribution is 2.39. The Hall–Kier alpha value is -2.08. The predicted octanol–water partition coefficient (Wildman–Crippen LogP) is 1.02. The summed E-state index contributed by atoms with van der Waals surface area (Å²) in [6.45, 7) is 1.15. The highest BCUT2D eigenvalue weighted by molar-refractivity contribution is 6.29. The lowest BCUT2D eigenvalue weighted by Crippen LogP contribution is -2.41. The van der Waals surface area contributed by atoms with Crippen LogP contribution >= 0.6 is 11.6 Å². The van der Waals surface area contributed by atoms with Gasteiger partial charge in [-0.1, -0.05) is 11.6 Å². The van der Waals surface area contributed by atoms with Gasteiger partial charge in [-0.3, -0.25) is 4.79 Å². The maximum Gasteiger partial charge on any atom is 0.247 e. The third kappa shape index (κ3) is 2.05. The quantitative estimate of drug-likeness (QED) is 0.659. The summed E-state index contributed by atoms with van der Waals surface area (Å²) < 4.78 is 0. The van der Waals surface area contributed by atoms with Crippen LogP contribution in [0.25, 0.3) is 0 Å². The molecule has 0 saturated heterocycles. The van der Waals surface area contributed by atoms with Gasteiger partial charge in [0.25, 0.3) is 0 Å². The Labute approximate surface area is 91.7 Å². The first-order chi connectivity index (χ1) is 6.91. The second-order valence-electron chi connectivity index (χ2n) is 2.89. The molecular weight excluding hydrogens is 216 g/mol. The largest absolute Gasteiger partial charge is 0.300 e. The minimum absolute atomic E-state index is 0.492. The third-order valence-electron chi connectivity index (χ3n) is 1.79. The van der Waals surface area contributed by atoms with E-state index in [1.165, 1.54) is 24.3 Å². The molecule has 0 aliphatic rings. The monoisotopic (exact) mass is 220 g/mol. The summed E-state index contributed by atoms with van der Waals surface area (Å²) in [5.41, 5.74) is -2.14. The fraction of sp³-hybridized carbons (Fsp3) is 0.444. The minimum atomic E-state index is -2.33. The van der Waals surface area contributed by atoms with Gasteiger partial charge in [-0.25, -0.2) is 0 Å². The summed E-state index contributed by atoms with van der Waals surface area (Å²) in [5, 5.41) is 35.0. The summed E-state index contributed by atoms with van der Waals surface area (Å²) in [7, 11) is 0. The molecule has 6 heteroatoms. The molecule has 0 unspecified atom stereocenters. The molecule has 0 heterocycles. The molecule has 0 saturated carbocycles. The number of ketones is 1. The van der Waals surface area contributed by atoms with Gasteiger partial charge >= 0.3 is 0 Å². The van der Waals surface area contributed by atoms with Crippen molar-refractivity contribution in [3.8, 4) is 24.3 Å². The fourth-order valence-corrected chi connectivity index (χ4v) is 1.12. The van der Waals surface area contributed by atoms with Gasteiger partial charge in [0.15, 0.2) is 5.41 Å². The van der Waals surface area contributed by atoms with Crippen LogP contribution in [0.5, 0.6) is 0 Å². The van der Waals surface area contributed by atoms with Crippen molar-refractivity contribution in [3.63, 3.8) is 0 Å². The van der Waals surface area contributed by atoms with Crippen LogP contribution in [-0.4, -0.2) is 10.7 Å². The number of Topliss-reactive ketones (excluding diaryl/α,β-unsaturated/α-hetero) is 1. The van der Waals surface area contributed by atoms with Crippen molar-refractivity contribution in [1.29, 1.82) is 21.0 Å². The van der Waals surface area contributed by atoms with Gasteiger partial charge in [-0.15, -0.1) is 0 Å². The first-order valence-corrected chi connectivity index (χ1v) is 4.12. The van der Waals surface area contributed by atoms with Crippen molar-refractivity contribution in [3.05, 3.63) is 0 Å². The SMILES string of the molecule is CC(=O)CC(C#N)(C#N)C(Cl)(C#N)C#N. The zero-order valence-corrected chi connectivity index (χ0v) is 8.54. The lowest BCUT2D eigenvalue weighted by Gasteiger charge is -2.23. The fourth-order valence-electron chi connectivity index (χ4n) is 0.969. The molecule has 15 heavy (non-hydrogen) atoms. The summed E-state index contributed by atoms with van der Waals surface area (Å²) in [6.07, 6.45) is -0.551. The molecule has 0 N–H and O–H groups in total. The second kappa shape index (κ2) is 4.43. The number of carbonyl (C=O) groups is 1. The van der Waals surface area contributed by atoms with E-state index in [1.807, 2.05) is 0 Å². The molecule has 74 valence electrons. The maximum absolute atomic E-state index is 10.9. The minimum Gasteiger partial charge on any atom is -0.300 e. The van der Waals surface area contributed by atoms with Crippen LogP contribution in [0.3, 0.4) is 0 Å². The van der Waals surface area contributed by atoms with Crippen molar-refractivity contribution in [2.24, 2.45) is 5.41 Å². The molecule has 0 spiro atoms. The van der Waals surface area contributed by atoms with E-state index in [4.69, 9.17) is 32.6 Å². The van der Waals surface area contributed by atoms with Gasteiger partial charge in [0.2, 0.25) is 4.87 Å². The summed E-state index contributed by atoms with van der Waals surface area (Å²) >= 11 is 5.56. The van der Waals surface area contributed by atoms with Crippen molar-refractivity contribution >= 4 is 17.4 Å². The Morgan fingerprint density at radius 2 is 1.53 bits per heavy atom. The van der Waals surface area contributed by atoms with Crippen molar-refractivity contribution < 1.29 is 4.79 Å². The van der Waals surface area contributed by atoms with E-state index in [1.54, 1.807) is 0 Å². The van der Waals surface area contributed by atoms with Gasteiger partial charge in [0.05, 0.1) is 12.1 Å². The lowest BCUT2D eigenvalue weighted by molar-refractivity contribution is -0.118. The average molecular weight is 221 g/mol. The molecular formula is C9H5ClN4O. The van der Waals surface area contributed by atoms with E-state index < -0.39 is 22.5 Å². The van der Waals surface area contributed by atoms with Gasteiger partial charge < -0.3 is 0 Å². The van der Waals surface area contributed by atoms with Crippen molar-refractivity contribution in [2.45, 2.75) is 18.2 Å². The Kier molecular flexibility index (Phi) is 3.81. The first kappa shape index (κ1) is 12.9. The predicted molar refractivity (Wildman–Crippen MR) is 48.8 cm³/mol. The molecule has 0 aromatic rings. The zero-order valence-electron chi connectivity index (χ0n) is 7.78. The summed E-state index contributed by atoms with van der Waals surface area (Å²) in [4.78, 5) is 8.54. The van der Waals surface area contributed by atoms with Crippen LogP contribution in [0.1, 0.15) is 13.3 Å². The van der Waals surface area contributed by atoms with E-state index in [0.717, 1.165) is 6.92 Å². The first-order valence-electron chi connectivity index (χ1n) is 3.74. The summed E-state index contributed by atoms with van der Waals surface area (Å²) in [5.74, 6) is -0.492. The number of hydrogen-bond acceptors (Lipinski definition) is 5. The molecule has 0 bridgehead atoms. The highest BCUT2D eigenvalue weighted by atomic mass is 35.5. The number of nitriles is 4. The van der Waals surface area contributed by atoms with E-state index >= 15 is 0 Å². The Morgan fingerprint density at radius 1 is 1.13 bits per heavy atom. The smallest absolute Gasteiger partial charge is 0.247 e. The number of nitrogens with zero attached hydrogens (tertiary/aromatic N) is 4. The number of hydrogen-bond donors (Lipinski definition) is 0. The number of halogens is 1. The third-order valence-corrected chi connectivity index (χ3v) is 2.28. The highest BCUT2D eigenvalue weighted by Gasteiger charge is 2.54. The zero-order chi connectivity index (χ0) is 12.1. The molecule has 0 aliphatic heterocycles. The van der Waals surface area contributed by atoms with Crippen LogP contribution in [0, 0.1) is 50.7 Å². The molecule has 0 rings (SSSR count). The second-order valence-corrected chi connectivity index (χ2v) is 3.46. The van der Waals surface area contributed by atoms with Gasteiger partial charge in [-0.2, -0.15) is 21.0 Å². The Bertz CT molecular complexity index is 415. The average Bonchev–Trinajstić information content (AvgIpc) is 2.24. The molecule has 0 aromatic heterocycles. The van der Waals surface area contributed by atoms with Crippen LogP contribution in [0.4, 0.5) is 0 Å².